The second-order valence-electron chi connectivity index (χ2n) is 4.20. The van der Waals surface area contributed by atoms with Crippen LogP contribution >= 0.6 is 11.8 Å². The van der Waals surface area contributed by atoms with Crippen molar-refractivity contribution in [1.82, 2.24) is 0 Å². The van der Waals surface area contributed by atoms with E-state index in [1.54, 1.807) is 37.4 Å². The number of halogens is 3. The average molecular weight is 311 g/mol. The maximum Gasteiger partial charge on any atom is 0.446 e. The first-order valence-electron chi connectivity index (χ1n) is 6.08. The van der Waals surface area contributed by atoms with Crippen molar-refractivity contribution in [3.05, 3.63) is 59.7 Å². The molecule has 0 aliphatic heterocycles. The summed E-state index contributed by atoms with van der Waals surface area (Å²) in [6.45, 7) is 0. The number of anilines is 1. The molecular weight excluding hydrogens is 299 g/mol. The molecule has 0 aliphatic rings. The van der Waals surface area contributed by atoms with Crippen molar-refractivity contribution in [3.63, 3.8) is 0 Å². The molecule has 0 spiro atoms. The van der Waals surface area contributed by atoms with Crippen LogP contribution in [-0.2, 0) is 0 Å². The van der Waals surface area contributed by atoms with Crippen LogP contribution in [-0.4, -0.2) is 18.3 Å². The summed E-state index contributed by atoms with van der Waals surface area (Å²) in [5.41, 5.74) is -3.23. The zero-order chi connectivity index (χ0) is 15.5. The highest BCUT2D eigenvalue weighted by atomic mass is 32.2. The van der Waals surface area contributed by atoms with E-state index in [0.717, 1.165) is 0 Å². The Morgan fingerprint density at radius 3 is 2.33 bits per heavy atom. The minimum atomic E-state index is -4.38. The number of rotatable bonds is 4. The van der Waals surface area contributed by atoms with Crippen LogP contribution < -0.4 is 5.32 Å². The maximum absolute atomic E-state index is 12.4. The molecule has 21 heavy (non-hydrogen) atoms. The number of hydrogen-bond donors (Lipinski definition) is 1. The number of nitrogens with one attached hydrogen (secondary N) is 1. The Kier molecular flexibility index (Phi) is 4.57. The van der Waals surface area contributed by atoms with Gasteiger partial charge in [-0.2, -0.15) is 13.2 Å². The Labute approximate surface area is 124 Å². The first-order valence-corrected chi connectivity index (χ1v) is 6.89. The highest BCUT2D eigenvalue weighted by Gasteiger charge is 2.29. The molecule has 2 nitrogen and oxygen atoms in total. The van der Waals surface area contributed by atoms with Gasteiger partial charge in [-0.05, 0) is 30.0 Å². The Morgan fingerprint density at radius 2 is 1.76 bits per heavy atom. The summed E-state index contributed by atoms with van der Waals surface area (Å²) in [6.07, 6.45) is 0. The molecule has 0 radical (unpaired) electrons. The van der Waals surface area contributed by atoms with Crippen LogP contribution in [0.4, 0.5) is 18.9 Å². The quantitative estimate of drug-likeness (QED) is 0.662. The van der Waals surface area contributed by atoms with E-state index < -0.39 is 5.51 Å². The van der Waals surface area contributed by atoms with Crippen molar-refractivity contribution in [2.45, 2.75) is 10.4 Å². The predicted molar refractivity (Wildman–Crippen MR) is 77.8 cm³/mol. The Balaban J connectivity index is 2.41. The highest BCUT2D eigenvalue weighted by Crippen LogP contribution is 2.38. The molecule has 110 valence electrons. The largest absolute Gasteiger partial charge is 0.446 e. The number of thioether (sulfide) groups is 1. The molecule has 0 heterocycles. The van der Waals surface area contributed by atoms with E-state index in [9.17, 15) is 18.0 Å². The SMILES string of the molecule is CNc1ccc(SC(F)(F)F)cc1C(=O)c1ccccc1. The van der Waals surface area contributed by atoms with E-state index in [2.05, 4.69) is 5.32 Å². The summed E-state index contributed by atoms with van der Waals surface area (Å²) in [6, 6.07) is 12.5. The lowest BCUT2D eigenvalue weighted by atomic mass is 10.0. The van der Waals surface area contributed by atoms with Crippen molar-refractivity contribution in [3.8, 4) is 0 Å². The summed E-state index contributed by atoms with van der Waals surface area (Å²) in [7, 11) is 1.62. The third kappa shape index (κ3) is 4.01. The number of alkyl halides is 3. The second-order valence-corrected chi connectivity index (χ2v) is 5.34. The fraction of sp³-hybridized carbons (Fsp3) is 0.133. The van der Waals surface area contributed by atoms with E-state index >= 15 is 0 Å². The third-order valence-electron chi connectivity index (χ3n) is 2.77. The van der Waals surface area contributed by atoms with Gasteiger partial charge in [-0.3, -0.25) is 4.79 Å². The van der Waals surface area contributed by atoms with Crippen molar-refractivity contribution in [1.29, 1.82) is 0 Å². The summed E-state index contributed by atoms with van der Waals surface area (Å²) in [5, 5.41) is 2.82. The Morgan fingerprint density at radius 1 is 1.10 bits per heavy atom. The minimum absolute atomic E-state index is 0.0132. The molecule has 6 heteroatoms. The second kappa shape index (κ2) is 6.22. The van der Waals surface area contributed by atoms with Gasteiger partial charge in [0, 0.05) is 28.8 Å². The van der Waals surface area contributed by atoms with Gasteiger partial charge in [-0.15, -0.1) is 0 Å². The van der Waals surface area contributed by atoms with Crippen LogP contribution in [0.5, 0.6) is 0 Å². The molecule has 0 aromatic heterocycles. The van der Waals surface area contributed by atoms with Gasteiger partial charge in [0.25, 0.3) is 0 Å². The number of carbonyl (C=O) groups is 1. The van der Waals surface area contributed by atoms with E-state index in [1.165, 1.54) is 18.2 Å². The molecule has 2 rings (SSSR count). The number of hydrogen-bond acceptors (Lipinski definition) is 3. The first-order chi connectivity index (χ1) is 9.90. The van der Waals surface area contributed by atoms with Gasteiger partial charge in [0.15, 0.2) is 5.78 Å². The Hall–Kier alpha value is -1.95. The molecule has 0 bridgehead atoms. The van der Waals surface area contributed by atoms with Crippen LogP contribution in [0.25, 0.3) is 0 Å². The molecule has 1 N–H and O–H groups in total. The molecule has 0 atom stereocenters. The van der Waals surface area contributed by atoms with Crippen LogP contribution in [0, 0.1) is 0 Å². The van der Waals surface area contributed by atoms with E-state index in [0.29, 0.717) is 11.3 Å². The van der Waals surface area contributed by atoms with E-state index in [-0.39, 0.29) is 28.0 Å². The van der Waals surface area contributed by atoms with Crippen molar-refractivity contribution < 1.29 is 18.0 Å². The van der Waals surface area contributed by atoms with Crippen molar-refractivity contribution in [2.24, 2.45) is 0 Å². The van der Waals surface area contributed by atoms with Gasteiger partial charge < -0.3 is 5.32 Å². The van der Waals surface area contributed by atoms with Crippen molar-refractivity contribution >= 4 is 23.2 Å². The lowest BCUT2D eigenvalue weighted by Gasteiger charge is -2.11. The smallest absolute Gasteiger partial charge is 0.388 e. The number of ketones is 1. The van der Waals surface area contributed by atoms with Crippen LogP contribution in [0.1, 0.15) is 15.9 Å². The molecule has 0 saturated heterocycles. The lowest BCUT2D eigenvalue weighted by molar-refractivity contribution is -0.0328. The van der Waals surface area contributed by atoms with Gasteiger partial charge in [-0.1, -0.05) is 30.3 Å². The van der Waals surface area contributed by atoms with Crippen LogP contribution in [0.2, 0.25) is 0 Å². The normalized spacial score (nSPS) is 11.2. The van der Waals surface area contributed by atoms with Crippen LogP contribution in [0.15, 0.2) is 53.4 Å². The molecular formula is C15H12F3NOS. The molecule has 0 fully saturated rings. The molecule has 0 aliphatic carbocycles. The van der Waals surface area contributed by atoms with Gasteiger partial charge in [0.05, 0.1) is 0 Å². The van der Waals surface area contributed by atoms with Gasteiger partial charge >= 0.3 is 5.51 Å². The zero-order valence-electron chi connectivity index (χ0n) is 11.1. The first kappa shape index (κ1) is 15.4. The molecule has 2 aromatic rings. The van der Waals surface area contributed by atoms with Gasteiger partial charge in [0.2, 0.25) is 0 Å². The molecule has 0 unspecified atom stereocenters. The van der Waals surface area contributed by atoms with E-state index in [4.69, 9.17) is 0 Å². The van der Waals surface area contributed by atoms with Crippen LogP contribution in [0.3, 0.4) is 0 Å². The zero-order valence-corrected chi connectivity index (χ0v) is 11.9. The van der Waals surface area contributed by atoms with Crippen molar-refractivity contribution in [2.75, 3.05) is 12.4 Å². The average Bonchev–Trinajstić information content (AvgIpc) is 2.45. The fourth-order valence-corrected chi connectivity index (χ4v) is 2.45. The summed E-state index contributed by atoms with van der Waals surface area (Å²) in [5.74, 6) is -0.315. The molecule has 2 aromatic carbocycles. The van der Waals surface area contributed by atoms with E-state index in [1.807, 2.05) is 0 Å². The monoisotopic (exact) mass is 311 g/mol. The third-order valence-corrected chi connectivity index (χ3v) is 3.50. The minimum Gasteiger partial charge on any atom is -0.388 e. The number of benzene rings is 2. The molecule has 0 amide bonds. The molecule has 0 saturated carbocycles. The predicted octanol–water partition coefficient (Wildman–Crippen LogP) is 4.57. The Bertz CT molecular complexity index is 641. The van der Waals surface area contributed by atoms with Gasteiger partial charge in [0.1, 0.15) is 0 Å². The summed E-state index contributed by atoms with van der Waals surface area (Å²) in [4.78, 5) is 12.4. The highest BCUT2D eigenvalue weighted by molar-refractivity contribution is 8.00. The summed E-state index contributed by atoms with van der Waals surface area (Å²) >= 11 is -0.233. The maximum atomic E-state index is 12.4. The lowest BCUT2D eigenvalue weighted by Crippen LogP contribution is -2.06. The standard InChI is InChI=1S/C15H12F3NOS/c1-19-13-8-7-11(21-15(16,17)18)9-12(13)14(20)10-5-3-2-4-6-10/h2-9,19H,1H3. The van der Waals surface area contributed by atoms with Gasteiger partial charge in [-0.25, -0.2) is 0 Å². The number of carbonyl (C=O) groups excluding carboxylic acids is 1. The summed E-state index contributed by atoms with van der Waals surface area (Å²) < 4.78 is 37.3. The fourth-order valence-electron chi connectivity index (χ4n) is 1.87. The topological polar surface area (TPSA) is 29.1 Å².